The molecule has 0 saturated carbocycles. The van der Waals surface area contributed by atoms with E-state index < -0.39 is 4.92 Å². The summed E-state index contributed by atoms with van der Waals surface area (Å²) in [6.07, 6.45) is 2.27. The van der Waals surface area contributed by atoms with Crippen molar-refractivity contribution in [1.29, 1.82) is 0 Å². The van der Waals surface area contributed by atoms with Crippen LogP contribution in [0.5, 0.6) is 0 Å². The number of aryl methyl sites for hydroxylation is 2. The number of hydrogen-bond donors (Lipinski definition) is 0. The van der Waals surface area contributed by atoms with E-state index in [1.807, 2.05) is 16.8 Å². The molecule has 2 heterocycles. The van der Waals surface area contributed by atoms with Gasteiger partial charge in [0.05, 0.1) is 17.8 Å². The highest BCUT2D eigenvalue weighted by molar-refractivity contribution is 7.07. The first-order valence-corrected chi connectivity index (χ1v) is 5.87. The van der Waals surface area contributed by atoms with Crippen molar-refractivity contribution in [3.05, 3.63) is 43.7 Å². The van der Waals surface area contributed by atoms with E-state index in [4.69, 9.17) is 11.6 Å². The van der Waals surface area contributed by atoms with Crippen molar-refractivity contribution < 1.29 is 4.92 Å². The minimum atomic E-state index is -0.580. The highest BCUT2D eigenvalue weighted by atomic mass is 35.5. The largest absolute Gasteiger partial charge is 0.408 e. The van der Waals surface area contributed by atoms with Crippen molar-refractivity contribution in [2.24, 2.45) is 0 Å². The van der Waals surface area contributed by atoms with Crippen LogP contribution in [0.1, 0.15) is 5.56 Å². The molecule has 7 heteroatoms. The Kier molecular flexibility index (Phi) is 3.21. The molecule has 0 aliphatic rings. The minimum Gasteiger partial charge on any atom is -0.358 e. The van der Waals surface area contributed by atoms with Gasteiger partial charge >= 0.3 is 5.82 Å². The first-order valence-electron chi connectivity index (χ1n) is 4.55. The van der Waals surface area contributed by atoms with Crippen LogP contribution in [0.15, 0.2) is 23.0 Å². The SMILES string of the molecule is O=[N+]([O-])c1nn(CCc2ccsc2)cc1Cl. The van der Waals surface area contributed by atoms with Gasteiger partial charge in [-0.2, -0.15) is 16.0 Å². The molecular formula is C9H8ClN3O2S. The molecule has 0 saturated heterocycles. The smallest absolute Gasteiger partial charge is 0.358 e. The van der Waals surface area contributed by atoms with E-state index in [2.05, 4.69) is 5.10 Å². The number of nitrogens with zero attached hydrogens (tertiary/aromatic N) is 3. The van der Waals surface area contributed by atoms with Gasteiger partial charge in [0.15, 0.2) is 5.02 Å². The summed E-state index contributed by atoms with van der Waals surface area (Å²) < 4.78 is 1.50. The predicted molar refractivity (Wildman–Crippen MR) is 61.9 cm³/mol. The molecule has 5 nitrogen and oxygen atoms in total. The Bertz CT molecular complexity index is 495. The van der Waals surface area contributed by atoms with Crippen LogP contribution >= 0.6 is 22.9 Å². The molecule has 0 aliphatic heterocycles. The van der Waals surface area contributed by atoms with Crippen LogP contribution < -0.4 is 0 Å². The van der Waals surface area contributed by atoms with Gasteiger partial charge in [-0.25, -0.2) is 0 Å². The number of thiophene rings is 1. The van der Waals surface area contributed by atoms with Crippen molar-refractivity contribution in [3.8, 4) is 0 Å². The molecular weight excluding hydrogens is 250 g/mol. The van der Waals surface area contributed by atoms with Gasteiger partial charge < -0.3 is 10.1 Å². The molecule has 2 aromatic heterocycles. The summed E-state index contributed by atoms with van der Waals surface area (Å²) in [5.74, 6) is -0.285. The molecule has 0 atom stereocenters. The van der Waals surface area contributed by atoms with E-state index in [0.717, 1.165) is 6.42 Å². The van der Waals surface area contributed by atoms with E-state index >= 15 is 0 Å². The molecule has 0 fully saturated rings. The number of hydrogen-bond acceptors (Lipinski definition) is 4. The molecule has 0 aromatic carbocycles. The van der Waals surface area contributed by atoms with Gasteiger partial charge in [0, 0.05) is 0 Å². The molecule has 16 heavy (non-hydrogen) atoms. The first kappa shape index (κ1) is 11.1. The van der Waals surface area contributed by atoms with Crippen LogP contribution in [-0.2, 0) is 13.0 Å². The summed E-state index contributed by atoms with van der Waals surface area (Å²) in [6, 6.07) is 2.02. The fourth-order valence-electron chi connectivity index (χ4n) is 1.30. The molecule has 0 aliphatic carbocycles. The van der Waals surface area contributed by atoms with Crippen LogP contribution in [0, 0.1) is 10.1 Å². The van der Waals surface area contributed by atoms with Gasteiger partial charge in [0.2, 0.25) is 0 Å². The topological polar surface area (TPSA) is 61.0 Å². The summed E-state index contributed by atoms with van der Waals surface area (Å²) in [6.45, 7) is 0.588. The maximum absolute atomic E-state index is 10.5. The quantitative estimate of drug-likeness (QED) is 0.625. The van der Waals surface area contributed by atoms with E-state index in [1.54, 1.807) is 11.3 Å². The van der Waals surface area contributed by atoms with Crippen molar-refractivity contribution in [2.75, 3.05) is 0 Å². The summed E-state index contributed by atoms with van der Waals surface area (Å²) >= 11 is 7.30. The lowest BCUT2D eigenvalue weighted by atomic mass is 10.2. The lowest BCUT2D eigenvalue weighted by Crippen LogP contribution is -2.02. The Morgan fingerprint density at radius 3 is 3.00 bits per heavy atom. The fourth-order valence-corrected chi connectivity index (χ4v) is 2.23. The summed E-state index contributed by atoms with van der Waals surface area (Å²) in [7, 11) is 0. The standard InChI is InChI=1S/C9H8ClN3O2S/c10-8-5-12(11-9(8)13(14)15)3-1-7-2-4-16-6-7/h2,4-6H,1,3H2. The molecule has 0 radical (unpaired) electrons. The molecule has 2 rings (SSSR count). The Balaban J connectivity index is 2.05. The average molecular weight is 258 g/mol. The summed E-state index contributed by atoms with van der Waals surface area (Å²) in [5, 5.41) is 18.4. The van der Waals surface area contributed by atoms with Gasteiger partial charge in [-0.15, -0.1) is 0 Å². The fraction of sp³-hybridized carbons (Fsp3) is 0.222. The lowest BCUT2D eigenvalue weighted by Gasteiger charge is -1.94. The van der Waals surface area contributed by atoms with Crippen molar-refractivity contribution in [1.82, 2.24) is 9.78 Å². The van der Waals surface area contributed by atoms with Crippen LogP contribution in [0.4, 0.5) is 5.82 Å². The molecule has 84 valence electrons. The van der Waals surface area contributed by atoms with Gasteiger partial charge in [0.1, 0.15) is 0 Å². The number of rotatable bonds is 4. The Morgan fingerprint density at radius 2 is 2.44 bits per heavy atom. The zero-order valence-corrected chi connectivity index (χ0v) is 9.74. The summed E-state index contributed by atoms with van der Waals surface area (Å²) in [5.41, 5.74) is 1.19. The van der Waals surface area contributed by atoms with Gasteiger partial charge in [0.25, 0.3) is 0 Å². The Labute approximate surface area is 100 Å². The third kappa shape index (κ3) is 2.40. The van der Waals surface area contributed by atoms with E-state index in [0.29, 0.717) is 6.54 Å². The van der Waals surface area contributed by atoms with Crippen LogP contribution in [-0.4, -0.2) is 14.7 Å². The van der Waals surface area contributed by atoms with E-state index in [9.17, 15) is 10.1 Å². The maximum Gasteiger partial charge on any atom is 0.408 e. The maximum atomic E-state index is 10.5. The summed E-state index contributed by atoms with van der Waals surface area (Å²) in [4.78, 5) is 9.94. The molecule has 0 bridgehead atoms. The molecule has 0 spiro atoms. The Morgan fingerprint density at radius 1 is 1.62 bits per heavy atom. The van der Waals surface area contributed by atoms with Gasteiger partial charge in [-0.05, 0) is 33.7 Å². The molecule has 0 unspecified atom stereocenters. The molecule has 0 amide bonds. The average Bonchev–Trinajstić information content (AvgIpc) is 2.83. The number of nitro groups is 1. The highest BCUT2D eigenvalue weighted by Gasteiger charge is 2.18. The van der Waals surface area contributed by atoms with Crippen molar-refractivity contribution in [3.63, 3.8) is 0 Å². The van der Waals surface area contributed by atoms with Crippen molar-refractivity contribution in [2.45, 2.75) is 13.0 Å². The molecule has 0 N–H and O–H groups in total. The van der Waals surface area contributed by atoms with Crippen LogP contribution in [0.25, 0.3) is 0 Å². The second-order valence-corrected chi connectivity index (χ2v) is 4.39. The molecule has 2 aromatic rings. The third-order valence-corrected chi connectivity index (χ3v) is 3.08. The van der Waals surface area contributed by atoms with Gasteiger partial charge in [-0.3, -0.25) is 0 Å². The normalized spacial score (nSPS) is 10.6. The highest BCUT2D eigenvalue weighted by Crippen LogP contribution is 2.21. The third-order valence-electron chi connectivity index (χ3n) is 2.08. The number of halogens is 1. The first-order chi connectivity index (χ1) is 7.66. The van der Waals surface area contributed by atoms with E-state index in [-0.39, 0.29) is 10.8 Å². The van der Waals surface area contributed by atoms with Crippen LogP contribution in [0.3, 0.4) is 0 Å². The van der Waals surface area contributed by atoms with Gasteiger partial charge in [-0.1, -0.05) is 11.6 Å². The number of aromatic nitrogens is 2. The zero-order chi connectivity index (χ0) is 11.5. The second-order valence-electron chi connectivity index (χ2n) is 3.20. The second kappa shape index (κ2) is 4.63. The Hall–Kier alpha value is -1.40. The van der Waals surface area contributed by atoms with E-state index in [1.165, 1.54) is 16.4 Å². The monoisotopic (exact) mass is 257 g/mol. The van der Waals surface area contributed by atoms with Crippen molar-refractivity contribution >= 4 is 28.8 Å². The van der Waals surface area contributed by atoms with Crippen LogP contribution in [0.2, 0.25) is 5.02 Å². The zero-order valence-electron chi connectivity index (χ0n) is 8.17. The minimum absolute atomic E-state index is 0.0790. The lowest BCUT2D eigenvalue weighted by molar-refractivity contribution is -0.389. The predicted octanol–water partition coefficient (Wildman–Crippen LogP) is 2.75.